The van der Waals surface area contributed by atoms with Crippen molar-refractivity contribution in [2.75, 3.05) is 13.1 Å². The first kappa shape index (κ1) is 18.9. The van der Waals surface area contributed by atoms with Crippen LogP contribution in [-0.4, -0.2) is 34.8 Å². The molecule has 1 aliphatic heterocycles. The molecule has 1 unspecified atom stereocenters. The maximum absolute atomic E-state index is 13.0. The fourth-order valence-corrected chi connectivity index (χ4v) is 3.93. The second-order valence-electron chi connectivity index (χ2n) is 7.46. The van der Waals surface area contributed by atoms with Crippen LogP contribution < -0.4 is 10.6 Å². The fourth-order valence-electron chi connectivity index (χ4n) is 3.93. The normalized spacial score (nSPS) is 23.3. The van der Waals surface area contributed by atoms with Gasteiger partial charge in [0.1, 0.15) is 0 Å². The zero-order valence-electron chi connectivity index (χ0n) is 15.1. The van der Waals surface area contributed by atoms with Crippen LogP contribution in [0.5, 0.6) is 0 Å². The van der Waals surface area contributed by atoms with Crippen LogP contribution in [0.25, 0.3) is 0 Å². The Hall–Kier alpha value is -1.85. The van der Waals surface area contributed by atoms with Gasteiger partial charge in [-0.3, -0.25) is 9.48 Å². The summed E-state index contributed by atoms with van der Waals surface area (Å²) in [5, 5.41) is 11.0. The Balaban J connectivity index is 0.00000196. The molecular weight excluding hydrogens is 348 g/mol. The fraction of sp³-hybridized carbons (Fsp3) is 0.500. The highest BCUT2D eigenvalue weighted by Gasteiger charge is 2.38. The number of carbonyl (C=O) groups is 1. The third-order valence-electron chi connectivity index (χ3n) is 5.52. The molecule has 4 rings (SSSR count). The van der Waals surface area contributed by atoms with Crippen LogP contribution in [0.1, 0.15) is 29.9 Å². The largest absolute Gasteiger partial charge is 0.352 e. The lowest BCUT2D eigenvalue weighted by atomic mass is 9.89. The summed E-state index contributed by atoms with van der Waals surface area (Å²) in [6, 6.07) is 10.7. The van der Waals surface area contributed by atoms with Crippen LogP contribution in [0.2, 0.25) is 0 Å². The highest BCUT2D eigenvalue weighted by Crippen LogP contribution is 2.35. The van der Waals surface area contributed by atoms with Crippen molar-refractivity contribution in [3.8, 4) is 0 Å². The monoisotopic (exact) mass is 374 g/mol. The molecule has 0 spiro atoms. The number of aromatic nitrogens is 2. The average Bonchev–Trinajstić information content (AvgIpc) is 3.18. The lowest BCUT2D eigenvalue weighted by Crippen LogP contribution is -2.43. The standard InChI is InChI=1S/C20H26N4O.ClH/c1-24-13-16(10-22-24)17-11-21-12-18(17)20(25)23-19(15-7-8-15)9-14-5-3-2-4-6-14;/h2-6,10,13,15,17-19,21H,7-9,11-12H2,1H3,(H,23,25);1H/t17-,18+,19?;/m1./s1. The van der Waals surface area contributed by atoms with Gasteiger partial charge in [0, 0.05) is 38.3 Å². The lowest BCUT2D eigenvalue weighted by molar-refractivity contribution is -0.125. The van der Waals surface area contributed by atoms with Crippen molar-refractivity contribution in [3.05, 3.63) is 53.9 Å². The molecule has 1 saturated heterocycles. The van der Waals surface area contributed by atoms with Gasteiger partial charge in [-0.15, -0.1) is 12.4 Å². The summed E-state index contributed by atoms with van der Waals surface area (Å²) in [6.07, 6.45) is 7.30. The minimum Gasteiger partial charge on any atom is -0.352 e. The van der Waals surface area contributed by atoms with Gasteiger partial charge in [-0.05, 0) is 36.3 Å². The van der Waals surface area contributed by atoms with E-state index in [2.05, 4.69) is 40.0 Å². The van der Waals surface area contributed by atoms with Crippen molar-refractivity contribution in [1.29, 1.82) is 0 Å². The Morgan fingerprint density at radius 3 is 2.73 bits per heavy atom. The minimum atomic E-state index is -0.0128. The number of halogens is 1. The highest BCUT2D eigenvalue weighted by molar-refractivity contribution is 5.85. The summed E-state index contributed by atoms with van der Waals surface area (Å²) in [4.78, 5) is 13.0. The summed E-state index contributed by atoms with van der Waals surface area (Å²) in [5.74, 6) is 1.02. The van der Waals surface area contributed by atoms with Crippen molar-refractivity contribution in [3.63, 3.8) is 0 Å². The Morgan fingerprint density at radius 1 is 1.31 bits per heavy atom. The molecule has 1 aromatic carbocycles. The maximum Gasteiger partial charge on any atom is 0.225 e. The van der Waals surface area contributed by atoms with E-state index in [4.69, 9.17) is 0 Å². The Labute approximate surface area is 161 Å². The van der Waals surface area contributed by atoms with Gasteiger partial charge in [0.25, 0.3) is 0 Å². The number of hydrogen-bond donors (Lipinski definition) is 2. The molecular formula is C20H27ClN4O. The van der Waals surface area contributed by atoms with Gasteiger partial charge in [0.15, 0.2) is 0 Å². The number of nitrogens with zero attached hydrogens (tertiary/aromatic N) is 2. The molecule has 5 nitrogen and oxygen atoms in total. The summed E-state index contributed by atoms with van der Waals surface area (Å²) in [5.41, 5.74) is 2.45. The second kappa shape index (κ2) is 8.23. The van der Waals surface area contributed by atoms with Gasteiger partial charge in [0.05, 0.1) is 12.1 Å². The van der Waals surface area contributed by atoms with E-state index in [9.17, 15) is 4.79 Å². The molecule has 1 saturated carbocycles. The number of hydrogen-bond acceptors (Lipinski definition) is 3. The smallest absolute Gasteiger partial charge is 0.225 e. The van der Waals surface area contributed by atoms with Crippen molar-refractivity contribution in [2.45, 2.75) is 31.2 Å². The predicted octanol–water partition coefficient (Wildman–Crippen LogP) is 2.28. The first-order valence-corrected chi connectivity index (χ1v) is 9.24. The highest BCUT2D eigenvalue weighted by atomic mass is 35.5. The van der Waals surface area contributed by atoms with Crippen molar-refractivity contribution in [1.82, 2.24) is 20.4 Å². The number of rotatable bonds is 6. The van der Waals surface area contributed by atoms with E-state index in [0.29, 0.717) is 5.92 Å². The summed E-state index contributed by atoms with van der Waals surface area (Å²) < 4.78 is 1.81. The molecule has 140 valence electrons. The molecule has 2 heterocycles. The van der Waals surface area contributed by atoms with Crippen LogP contribution in [0.3, 0.4) is 0 Å². The molecule has 2 fully saturated rings. The SMILES string of the molecule is Cl.Cn1cc([C@H]2CNC[C@@H]2C(=O)NC(Cc2ccccc2)C2CC2)cn1. The molecule has 0 bridgehead atoms. The van der Waals surface area contributed by atoms with E-state index in [0.717, 1.165) is 25.1 Å². The zero-order valence-corrected chi connectivity index (χ0v) is 15.9. The van der Waals surface area contributed by atoms with Crippen molar-refractivity contribution >= 4 is 18.3 Å². The van der Waals surface area contributed by atoms with Crippen LogP contribution in [-0.2, 0) is 18.3 Å². The molecule has 6 heteroatoms. The molecule has 2 N–H and O–H groups in total. The molecule has 2 aliphatic rings. The van der Waals surface area contributed by atoms with Gasteiger partial charge in [-0.1, -0.05) is 30.3 Å². The van der Waals surface area contributed by atoms with E-state index in [1.165, 1.54) is 18.4 Å². The van der Waals surface area contributed by atoms with Gasteiger partial charge in [-0.2, -0.15) is 5.10 Å². The van der Waals surface area contributed by atoms with Crippen molar-refractivity contribution in [2.24, 2.45) is 18.9 Å². The maximum atomic E-state index is 13.0. The van der Waals surface area contributed by atoms with E-state index in [1.807, 2.05) is 30.2 Å². The summed E-state index contributed by atoms with van der Waals surface area (Å²) in [6.45, 7) is 1.59. The van der Waals surface area contributed by atoms with Crippen LogP contribution in [0.4, 0.5) is 0 Å². The van der Waals surface area contributed by atoms with Gasteiger partial charge >= 0.3 is 0 Å². The average molecular weight is 375 g/mol. The van der Waals surface area contributed by atoms with Crippen LogP contribution in [0.15, 0.2) is 42.7 Å². The lowest BCUT2D eigenvalue weighted by Gasteiger charge is -2.23. The van der Waals surface area contributed by atoms with E-state index >= 15 is 0 Å². The van der Waals surface area contributed by atoms with Gasteiger partial charge < -0.3 is 10.6 Å². The third kappa shape index (κ3) is 4.27. The number of amides is 1. The van der Waals surface area contributed by atoms with E-state index in [1.54, 1.807) is 0 Å². The topological polar surface area (TPSA) is 59.0 Å². The first-order valence-electron chi connectivity index (χ1n) is 9.24. The summed E-state index contributed by atoms with van der Waals surface area (Å²) >= 11 is 0. The molecule has 3 atom stereocenters. The third-order valence-corrected chi connectivity index (χ3v) is 5.52. The summed E-state index contributed by atoms with van der Waals surface area (Å²) in [7, 11) is 1.92. The Morgan fingerprint density at radius 2 is 2.08 bits per heavy atom. The molecule has 26 heavy (non-hydrogen) atoms. The molecule has 0 radical (unpaired) electrons. The van der Waals surface area contributed by atoms with Gasteiger partial charge in [-0.25, -0.2) is 0 Å². The van der Waals surface area contributed by atoms with E-state index < -0.39 is 0 Å². The second-order valence-corrected chi connectivity index (χ2v) is 7.46. The Bertz CT molecular complexity index is 728. The molecule has 1 aliphatic carbocycles. The minimum absolute atomic E-state index is 0. The van der Waals surface area contributed by atoms with Gasteiger partial charge in [0.2, 0.25) is 5.91 Å². The van der Waals surface area contributed by atoms with Crippen LogP contribution >= 0.6 is 12.4 Å². The number of nitrogens with one attached hydrogen (secondary N) is 2. The molecule has 1 amide bonds. The quantitative estimate of drug-likeness (QED) is 0.815. The number of aryl methyl sites for hydroxylation is 1. The predicted molar refractivity (Wildman–Crippen MR) is 104 cm³/mol. The first-order chi connectivity index (χ1) is 12.2. The Kier molecular flexibility index (Phi) is 5.99. The number of benzene rings is 1. The number of carbonyl (C=O) groups excluding carboxylic acids is 1. The van der Waals surface area contributed by atoms with Crippen molar-refractivity contribution < 1.29 is 4.79 Å². The van der Waals surface area contributed by atoms with Crippen LogP contribution in [0, 0.1) is 11.8 Å². The molecule has 1 aromatic heterocycles. The molecule has 2 aromatic rings. The zero-order chi connectivity index (χ0) is 17.2. The van der Waals surface area contributed by atoms with E-state index in [-0.39, 0.29) is 36.2 Å².